The molecule has 0 spiro atoms. The van der Waals surface area contributed by atoms with Crippen LogP contribution in [-0.4, -0.2) is 51.7 Å². The van der Waals surface area contributed by atoms with Gasteiger partial charge >= 0.3 is 6.01 Å². The van der Waals surface area contributed by atoms with E-state index in [2.05, 4.69) is 39.0 Å². The molecule has 0 aliphatic carbocycles. The van der Waals surface area contributed by atoms with E-state index in [1.807, 2.05) is 25.6 Å². The Morgan fingerprint density at radius 1 is 1.20 bits per heavy atom. The van der Waals surface area contributed by atoms with E-state index in [0.29, 0.717) is 28.4 Å². The van der Waals surface area contributed by atoms with Crippen LogP contribution in [0.2, 0.25) is 0 Å². The molecule has 2 heterocycles. The first-order chi connectivity index (χ1) is 9.47. The molecule has 1 N–H and O–H groups in total. The molecule has 1 aliphatic heterocycles. The van der Waals surface area contributed by atoms with Gasteiger partial charge < -0.3 is 15.0 Å². The lowest BCUT2D eigenvalue weighted by molar-refractivity contribution is 0.222. The van der Waals surface area contributed by atoms with Crippen LogP contribution < -0.4 is 15.0 Å². The van der Waals surface area contributed by atoms with Crippen molar-refractivity contribution in [2.45, 2.75) is 44.3 Å². The fraction of sp³-hybridized carbons (Fsp3) is 0.769. The van der Waals surface area contributed by atoms with Crippen LogP contribution in [0.25, 0.3) is 0 Å². The van der Waals surface area contributed by atoms with Crippen molar-refractivity contribution >= 4 is 23.7 Å². The number of nitrogens with one attached hydrogen (secondary N) is 1. The molecule has 1 saturated heterocycles. The molecule has 0 radical (unpaired) electrons. The lowest BCUT2D eigenvalue weighted by atomic mass is 10.3. The van der Waals surface area contributed by atoms with Crippen LogP contribution in [0.5, 0.6) is 6.01 Å². The molecule has 1 fully saturated rings. The van der Waals surface area contributed by atoms with Gasteiger partial charge in [-0.05, 0) is 13.8 Å². The zero-order valence-corrected chi connectivity index (χ0v) is 13.6. The molecule has 6 nitrogen and oxygen atoms in total. The summed E-state index contributed by atoms with van der Waals surface area (Å²) in [4.78, 5) is 15.3. The summed E-state index contributed by atoms with van der Waals surface area (Å²) in [5.74, 6) is 1.24. The zero-order chi connectivity index (χ0) is 14.7. The third kappa shape index (κ3) is 3.88. The number of hydrogen-bond acceptors (Lipinski definition) is 7. The van der Waals surface area contributed by atoms with Crippen molar-refractivity contribution in [1.29, 1.82) is 0 Å². The first kappa shape index (κ1) is 15.2. The zero-order valence-electron chi connectivity index (χ0n) is 12.8. The van der Waals surface area contributed by atoms with Gasteiger partial charge in [-0.2, -0.15) is 26.7 Å². The maximum absolute atomic E-state index is 5.61. The van der Waals surface area contributed by atoms with Gasteiger partial charge in [0.2, 0.25) is 11.9 Å². The standard InChI is InChI=1S/C13H23N5OS/c1-8(2)19-13-16-11(14-5)15-12(17-13)18-6-9(3)20-10(4)7-18/h8-10H,6-7H2,1-5H3,(H,14,15,16,17). The maximum Gasteiger partial charge on any atom is 0.323 e. The minimum Gasteiger partial charge on any atom is -0.461 e. The molecule has 1 aromatic heterocycles. The van der Waals surface area contributed by atoms with Crippen LogP contribution in [0.3, 0.4) is 0 Å². The van der Waals surface area contributed by atoms with Crippen molar-refractivity contribution in [3.8, 4) is 6.01 Å². The number of ether oxygens (including phenoxy) is 1. The van der Waals surface area contributed by atoms with Crippen LogP contribution in [0, 0.1) is 0 Å². The minimum absolute atomic E-state index is 0.0460. The summed E-state index contributed by atoms with van der Waals surface area (Å²) in [6, 6.07) is 0.382. The van der Waals surface area contributed by atoms with Crippen LogP contribution in [0.15, 0.2) is 0 Å². The molecule has 2 atom stereocenters. The van der Waals surface area contributed by atoms with Gasteiger partial charge in [0.15, 0.2) is 0 Å². The molecule has 2 rings (SSSR count). The van der Waals surface area contributed by atoms with Gasteiger partial charge in [0.25, 0.3) is 0 Å². The fourth-order valence-electron chi connectivity index (χ4n) is 2.20. The predicted octanol–water partition coefficient (Wildman–Crippen LogP) is 2.03. The molecule has 2 unspecified atom stereocenters. The fourth-order valence-corrected chi connectivity index (χ4v) is 3.53. The van der Waals surface area contributed by atoms with Gasteiger partial charge in [-0.15, -0.1) is 0 Å². The Morgan fingerprint density at radius 3 is 2.40 bits per heavy atom. The summed E-state index contributed by atoms with van der Waals surface area (Å²) >= 11 is 2.00. The van der Waals surface area contributed by atoms with Crippen LogP contribution in [-0.2, 0) is 0 Å². The van der Waals surface area contributed by atoms with E-state index < -0.39 is 0 Å². The topological polar surface area (TPSA) is 63.2 Å². The minimum atomic E-state index is 0.0460. The Morgan fingerprint density at radius 2 is 1.85 bits per heavy atom. The van der Waals surface area contributed by atoms with E-state index in [-0.39, 0.29) is 6.10 Å². The molecule has 1 aliphatic rings. The van der Waals surface area contributed by atoms with Gasteiger partial charge in [-0.25, -0.2) is 0 Å². The molecular weight excluding hydrogens is 274 g/mol. The van der Waals surface area contributed by atoms with Crippen molar-refractivity contribution in [3.63, 3.8) is 0 Å². The molecule has 0 saturated carbocycles. The molecule has 0 bridgehead atoms. The third-order valence-corrected chi connectivity index (χ3v) is 4.10. The van der Waals surface area contributed by atoms with Crippen LogP contribution >= 0.6 is 11.8 Å². The number of rotatable bonds is 4. The smallest absolute Gasteiger partial charge is 0.323 e. The molecule has 20 heavy (non-hydrogen) atoms. The van der Waals surface area contributed by atoms with Gasteiger partial charge in [0.05, 0.1) is 6.10 Å². The van der Waals surface area contributed by atoms with E-state index in [9.17, 15) is 0 Å². The lowest BCUT2D eigenvalue weighted by Crippen LogP contribution is -2.41. The highest BCUT2D eigenvalue weighted by Crippen LogP contribution is 2.27. The molecule has 112 valence electrons. The SMILES string of the molecule is CNc1nc(OC(C)C)nc(N2CC(C)SC(C)C2)n1. The predicted molar refractivity (Wildman–Crippen MR) is 83.9 cm³/mol. The quantitative estimate of drug-likeness (QED) is 0.912. The third-order valence-electron chi connectivity index (χ3n) is 2.87. The Labute approximate surface area is 124 Å². The second kappa shape index (κ2) is 6.47. The average Bonchev–Trinajstić information content (AvgIpc) is 2.36. The van der Waals surface area contributed by atoms with Crippen molar-refractivity contribution in [2.24, 2.45) is 0 Å². The number of anilines is 2. The lowest BCUT2D eigenvalue weighted by Gasteiger charge is -2.34. The van der Waals surface area contributed by atoms with E-state index in [1.54, 1.807) is 7.05 Å². The molecular formula is C13H23N5OS. The van der Waals surface area contributed by atoms with E-state index in [4.69, 9.17) is 4.74 Å². The molecule has 1 aromatic rings. The second-order valence-corrected chi connectivity index (χ2v) is 7.20. The van der Waals surface area contributed by atoms with Gasteiger partial charge in [0, 0.05) is 30.6 Å². The van der Waals surface area contributed by atoms with Crippen LogP contribution in [0.4, 0.5) is 11.9 Å². The number of hydrogen-bond donors (Lipinski definition) is 1. The van der Waals surface area contributed by atoms with E-state index in [1.165, 1.54) is 0 Å². The first-order valence-corrected chi connectivity index (χ1v) is 7.93. The molecule has 7 heteroatoms. The summed E-state index contributed by atoms with van der Waals surface area (Å²) in [5, 5.41) is 4.11. The number of aromatic nitrogens is 3. The largest absolute Gasteiger partial charge is 0.461 e. The van der Waals surface area contributed by atoms with Gasteiger partial charge in [0.1, 0.15) is 0 Å². The molecule has 0 amide bonds. The average molecular weight is 297 g/mol. The van der Waals surface area contributed by atoms with E-state index in [0.717, 1.165) is 13.1 Å². The Hall–Kier alpha value is -1.24. The number of nitrogens with zero attached hydrogens (tertiary/aromatic N) is 4. The van der Waals surface area contributed by atoms with Crippen molar-refractivity contribution in [2.75, 3.05) is 30.4 Å². The Balaban J connectivity index is 2.25. The summed E-state index contributed by atoms with van der Waals surface area (Å²) in [7, 11) is 1.80. The van der Waals surface area contributed by atoms with Gasteiger partial charge in [-0.3, -0.25) is 0 Å². The first-order valence-electron chi connectivity index (χ1n) is 6.98. The number of thioether (sulfide) groups is 1. The Bertz CT molecular complexity index is 446. The highest BCUT2D eigenvalue weighted by molar-refractivity contribution is 8.00. The summed E-state index contributed by atoms with van der Waals surface area (Å²) in [5.41, 5.74) is 0. The summed E-state index contributed by atoms with van der Waals surface area (Å²) < 4.78 is 5.61. The summed E-state index contributed by atoms with van der Waals surface area (Å²) in [6.45, 7) is 10.3. The highest BCUT2D eigenvalue weighted by Gasteiger charge is 2.25. The van der Waals surface area contributed by atoms with Crippen molar-refractivity contribution < 1.29 is 4.74 Å². The maximum atomic E-state index is 5.61. The van der Waals surface area contributed by atoms with Crippen molar-refractivity contribution in [1.82, 2.24) is 15.0 Å². The Kier molecular flexibility index (Phi) is 4.91. The molecule has 0 aromatic carbocycles. The van der Waals surface area contributed by atoms with Crippen molar-refractivity contribution in [3.05, 3.63) is 0 Å². The van der Waals surface area contributed by atoms with E-state index >= 15 is 0 Å². The highest BCUT2D eigenvalue weighted by atomic mass is 32.2. The normalized spacial score (nSPS) is 23.0. The van der Waals surface area contributed by atoms with Gasteiger partial charge in [-0.1, -0.05) is 13.8 Å². The van der Waals surface area contributed by atoms with Crippen LogP contribution in [0.1, 0.15) is 27.7 Å². The monoisotopic (exact) mass is 297 g/mol. The summed E-state index contributed by atoms with van der Waals surface area (Å²) in [6.07, 6.45) is 0.0460. The second-order valence-electron chi connectivity index (χ2n) is 5.32.